The fraction of sp³-hybridized carbons (Fsp3) is 0.619. The van der Waals surface area contributed by atoms with Crippen LogP contribution in [-0.2, 0) is 11.8 Å². The summed E-state index contributed by atoms with van der Waals surface area (Å²) in [6.45, 7) is 8.94. The third-order valence-corrected chi connectivity index (χ3v) is 5.81. The number of amides is 1. The second-order valence-corrected chi connectivity index (χ2v) is 8.29. The van der Waals surface area contributed by atoms with E-state index in [0.29, 0.717) is 23.7 Å². The summed E-state index contributed by atoms with van der Waals surface area (Å²) in [5, 5.41) is 5.44. The van der Waals surface area contributed by atoms with E-state index in [1.54, 1.807) is 4.68 Å². The molecule has 0 N–H and O–H groups in total. The molecule has 2 saturated heterocycles. The molecule has 1 amide bonds. The first-order chi connectivity index (χ1) is 13.0. The van der Waals surface area contributed by atoms with Gasteiger partial charge in [0.25, 0.3) is 5.91 Å². The first-order valence-electron chi connectivity index (χ1n) is 10.1. The molecule has 6 heteroatoms. The highest BCUT2D eigenvalue weighted by atomic mass is 16.5. The molecule has 0 saturated carbocycles. The molecule has 3 heterocycles. The second kappa shape index (κ2) is 7.60. The molecule has 0 spiro atoms. The summed E-state index contributed by atoms with van der Waals surface area (Å²) in [4.78, 5) is 17.6. The number of aryl methyl sites for hydroxylation is 1. The number of hydrogen-bond acceptors (Lipinski definition) is 4. The molecule has 2 aliphatic heterocycles. The van der Waals surface area contributed by atoms with E-state index in [-0.39, 0.29) is 5.91 Å². The Balaban J connectivity index is 1.46. The average molecular weight is 370 g/mol. The molecule has 0 atom stereocenters. The first kappa shape index (κ1) is 18.4. The maximum atomic E-state index is 13.0. The van der Waals surface area contributed by atoms with Gasteiger partial charge in [0, 0.05) is 57.4 Å². The van der Waals surface area contributed by atoms with Crippen molar-refractivity contribution in [3.63, 3.8) is 0 Å². The molecule has 0 aliphatic carbocycles. The third kappa shape index (κ3) is 3.60. The van der Waals surface area contributed by atoms with E-state index in [9.17, 15) is 4.79 Å². The number of likely N-dealkylation sites (tertiary alicyclic amines) is 1. The van der Waals surface area contributed by atoms with Gasteiger partial charge in [-0.1, -0.05) is 32.0 Å². The standard InChI is InChI=1S/C21H30N4O2/c1-15(2)12-25(16-8-10-27-11-9-16)17-13-24(14-17)21(26)20-18-6-4-5-7-19(18)23(3)22-20/h4-7,15-17H,8-14H2,1-3H3. The minimum absolute atomic E-state index is 0.0551. The molecule has 1 aromatic carbocycles. The van der Waals surface area contributed by atoms with Gasteiger partial charge in [0.1, 0.15) is 0 Å². The van der Waals surface area contributed by atoms with Crippen molar-refractivity contribution in [3.8, 4) is 0 Å². The molecule has 2 fully saturated rings. The third-order valence-electron chi connectivity index (χ3n) is 5.81. The average Bonchev–Trinajstić information content (AvgIpc) is 2.97. The van der Waals surface area contributed by atoms with Gasteiger partial charge in [-0.15, -0.1) is 0 Å². The Morgan fingerprint density at radius 2 is 1.93 bits per heavy atom. The number of fused-ring (bicyclic) bond motifs is 1. The Labute approximate surface area is 161 Å². The van der Waals surface area contributed by atoms with Gasteiger partial charge in [-0.2, -0.15) is 5.10 Å². The molecule has 0 radical (unpaired) electrons. The van der Waals surface area contributed by atoms with Crippen molar-refractivity contribution in [2.75, 3.05) is 32.8 Å². The number of aromatic nitrogens is 2. The van der Waals surface area contributed by atoms with Crippen LogP contribution in [0.25, 0.3) is 10.9 Å². The van der Waals surface area contributed by atoms with Gasteiger partial charge in [-0.25, -0.2) is 0 Å². The summed E-state index contributed by atoms with van der Waals surface area (Å²) in [6, 6.07) is 8.98. The fourth-order valence-electron chi connectivity index (χ4n) is 4.39. The molecule has 0 unspecified atom stereocenters. The Morgan fingerprint density at radius 1 is 1.22 bits per heavy atom. The summed E-state index contributed by atoms with van der Waals surface area (Å²) in [5.41, 5.74) is 1.58. The Kier molecular flexibility index (Phi) is 5.19. The van der Waals surface area contributed by atoms with Crippen LogP contribution >= 0.6 is 0 Å². The van der Waals surface area contributed by atoms with Crippen LogP contribution in [0.1, 0.15) is 37.2 Å². The maximum absolute atomic E-state index is 13.0. The molecule has 4 rings (SSSR count). The smallest absolute Gasteiger partial charge is 0.275 e. The van der Waals surface area contributed by atoms with Crippen LogP contribution in [0, 0.1) is 5.92 Å². The molecule has 2 aliphatic rings. The van der Waals surface area contributed by atoms with Crippen LogP contribution in [0.4, 0.5) is 0 Å². The number of rotatable bonds is 5. The number of carbonyl (C=O) groups excluding carboxylic acids is 1. The van der Waals surface area contributed by atoms with Crippen molar-refractivity contribution in [2.45, 2.75) is 38.8 Å². The highest BCUT2D eigenvalue weighted by molar-refractivity contribution is 6.05. The zero-order valence-corrected chi connectivity index (χ0v) is 16.6. The highest BCUT2D eigenvalue weighted by Crippen LogP contribution is 2.27. The predicted molar refractivity (Wildman–Crippen MR) is 106 cm³/mol. The number of para-hydroxylation sites is 1. The molecule has 2 aromatic rings. The fourth-order valence-corrected chi connectivity index (χ4v) is 4.39. The number of benzene rings is 1. The van der Waals surface area contributed by atoms with Gasteiger partial charge >= 0.3 is 0 Å². The van der Waals surface area contributed by atoms with Crippen molar-refractivity contribution in [1.82, 2.24) is 19.6 Å². The van der Waals surface area contributed by atoms with Crippen LogP contribution in [-0.4, -0.2) is 70.4 Å². The molecule has 1 aromatic heterocycles. The van der Waals surface area contributed by atoms with E-state index < -0.39 is 0 Å². The first-order valence-corrected chi connectivity index (χ1v) is 10.1. The topological polar surface area (TPSA) is 50.6 Å². The van der Waals surface area contributed by atoms with Crippen LogP contribution in [0.15, 0.2) is 24.3 Å². The van der Waals surface area contributed by atoms with Gasteiger partial charge in [0.2, 0.25) is 0 Å². The second-order valence-electron chi connectivity index (χ2n) is 8.29. The molecule has 6 nitrogen and oxygen atoms in total. The molecular formula is C21H30N4O2. The van der Waals surface area contributed by atoms with Gasteiger partial charge in [0.05, 0.1) is 5.52 Å². The van der Waals surface area contributed by atoms with Gasteiger partial charge < -0.3 is 9.64 Å². The summed E-state index contributed by atoms with van der Waals surface area (Å²) < 4.78 is 7.34. The van der Waals surface area contributed by atoms with Crippen LogP contribution < -0.4 is 0 Å². The molecular weight excluding hydrogens is 340 g/mol. The Bertz CT molecular complexity index is 804. The number of hydrogen-bond donors (Lipinski definition) is 0. The highest BCUT2D eigenvalue weighted by Gasteiger charge is 2.39. The van der Waals surface area contributed by atoms with Crippen molar-refractivity contribution < 1.29 is 9.53 Å². The van der Waals surface area contributed by atoms with Crippen LogP contribution in [0.5, 0.6) is 0 Å². The summed E-state index contributed by atoms with van der Waals surface area (Å²) in [7, 11) is 1.90. The van der Waals surface area contributed by atoms with E-state index in [2.05, 4.69) is 23.8 Å². The van der Waals surface area contributed by atoms with E-state index in [4.69, 9.17) is 4.74 Å². The van der Waals surface area contributed by atoms with Crippen molar-refractivity contribution in [2.24, 2.45) is 13.0 Å². The zero-order valence-electron chi connectivity index (χ0n) is 16.6. The zero-order chi connectivity index (χ0) is 19.0. The molecule has 146 valence electrons. The largest absolute Gasteiger partial charge is 0.381 e. The molecule has 27 heavy (non-hydrogen) atoms. The van der Waals surface area contributed by atoms with E-state index in [1.165, 1.54) is 0 Å². The van der Waals surface area contributed by atoms with E-state index in [1.807, 2.05) is 36.2 Å². The maximum Gasteiger partial charge on any atom is 0.275 e. The molecule has 0 bridgehead atoms. The lowest BCUT2D eigenvalue weighted by Crippen LogP contribution is -2.64. The number of nitrogens with zero attached hydrogens (tertiary/aromatic N) is 4. The number of ether oxygens (including phenoxy) is 1. The lowest BCUT2D eigenvalue weighted by molar-refractivity contribution is -0.0295. The lowest BCUT2D eigenvalue weighted by atomic mass is 9.97. The normalized spacial score (nSPS) is 19.2. The Morgan fingerprint density at radius 3 is 2.63 bits per heavy atom. The van der Waals surface area contributed by atoms with Gasteiger partial charge in [-0.05, 0) is 24.8 Å². The van der Waals surface area contributed by atoms with Gasteiger partial charge in [-0.3, -0.25) is 14.4 Å². The summed E-state index contributed by atoms with van der Waals surface area (Å²) in [5.74, 6) is 0.678. The van der Waals surface area contributed by atoms with Crippen LogP contribution in [0.2, 0.25) is 0 Å². The lowest BCUT2D eigenvalue weighted by Gasteiger charge is -2.49. The minimum atomic E-state index is 0.0551. The summed E-state index contributed by atoms with van der Waals surface area (Å²) >= 11 is 0. The minimum Gasteiger partial charge on any atom is -0.381 e. The van der Waals surface area contributed by atoms with Crippen molar-refractivity contribution in [1.29, 1.82) is 0 Å². The van der Waals surface area contributed by atoms with Crippen molar-refractivity contribution >= 4 is 16.8 Å². The van der Waals surface area contributed by atoms with E-state index >= 15 is 0 Å². The van der Waals surface area contributed by atoms with Gasteiger partial charge in [0.15, 0.2) is 5.69 Å². The number of carbonyl (C=O) groups is 1. The van der Waals surface area contributed by atoms with Crippen LogP contribution in [0.3, 0.4) is 0 Å². The quantitative estimate of drug-likeness (QED) is 0.812. The summed E-state index contributed by atoms with van der Waals surface area (Å²) in [6.07, 6.45) is 2.20. The van der Waals surface area contributed by atoms with E-state index in [0.717, 1.165) is 56.6 Å². The predicted octanol–water partition coefficient (Wildman–Crippen LogP) is 2.53. The SMILES string of the molecule is CC(C)CN(C1CCOCC1)C1CN(C(=O)c2nn(C)c3ccccc23)C1. The Hall–Kier alpha value is -1.92. The van der Waals surface area contributed by atoms with Crippen molar-refractivity contribution in [3.05, 3.63) is 30.0 Å². The monoisotopic (exact) mass is 370 g/mol.